The maximum atomic E-state index is 12.5. The second kappa shape index (κ2) is 5.70. The van der Waals surface area contributed by atoms with Crippen molar-refractivity contribution in [3.8, 4) is 5.75 Å². The van der Waals surface area contributed by atoms with Gasteiger partial charge in [0, 0.05) is 5.39 Å². The fraction of sp³-hybridized carbons (Fsp3) is 0.0556. The molecule has 22 heavy (non-hydrogen) atoms. The molecule has 4 heteroatoms. The topological polar surface area (TPSA) is 49.3 Å². The summed E-state index contributed by atoms with van der Waals surface area (Å²) in [5, 5.41) is 15.2. The van der Waals surface area contributed by atoms with Crippen molar-refractivity contribution in [2.24, 2.45) is 0 Å². The van der Waals surface area contributed by atoms with Crippen LogP contribution in [0.4, 0.5) is 5.69 Å². The quantitative estimate of drug-likeness (QED) is 0.717. The summed E-state index contributed by atoms with van der Waals surface area (Å²) in [6.45, 7) is 1.91. The van der Waals surface area contributed by atoms with E-state index in [-0.39, 0.29) is 17.2 Å². The van der Waals surface area contributed by atoms with E-state index in [9.17, 15) is 9.90 Å². The van der Waals surface area contributed by atoms with Gasteiger partial charge in [0.2, 0.25) is 0 Å². The summed E-state index contributed by atoms with van der Waals surface area (Å²) in [5.74, 6) is -0.412. The van der Waals surface area contributed by atoms with Crippen molar-refractivity contribution in [2.75, 3.05) is 5.32 Å². The molecular weight excluding hydrogens is 298 g/mol. The standard InChI is InChI=1S/C18H14ClNO2/c1-11-10-14(17(21)13-7-3-2-6-12(11)13)18(22)20-16-9-5-4-8-15(16)19/h2-10,21H,1H3,(H,20,22). The van der Waals surface area contributed by atoms with E-state index in [2.05, 4.69) is 5.32 Å². The number of phenolic OH excluding ortho intramolecular Hbond substituents is 1. The van der Waals surface area contributed by atoms with Crippen LogP contribution >= 0.6 is 11.6 Å². The lowest BCUT2D eigenvalue weighted by molar-refractivity contribution is 0.102. The first-order valence-corrected chi connectivity index (χ1v) is 7.23. The van der Waals surface area contributed by atoms with E-state index < -0.39 is 0 Å². The van der Waals surface area contributed by atoms with Gasteiger partial charge < -0.3 is 10.4 Å². The van der Waals surface area contributed by atoms with Crippen LogP contribution in [-0.2, 0) is 0 Å². The molecule has 0 aliphatic carbocycles. The van der Waals surface area contributed by atoms with Crippen LogP contribution in [0, 0.1) is 6.92 Å². The molecule has 0 atom stereocenters. The van der Waals surface area contributed by atoms with Gasteiger partial charge >= 0.3 is 0 Å². The minimum absolute atomic E-state index is 0.0225. The number of aryl methyl sites for hydroxylation is 1. The summed E-state index contributed by atoms with van der Waals surface area (Å²) in [4.78, 5) is 12.5. The lowest BCUT2D eigenvalue weighted by atomic mass is 10.00. The first-order valence-electron chi connectivity index (χ1n) is 6.85. The smallest absolute Gasteiger partial charge is 0.259 e. The van der Waals surface area contributed by atoms with E-state index >= 15 is 0 Å². The van der Waals surface area contributed by atoms with Gasteiger partial charge in [-0.3, -0.25) is 4.79 Å². The number of halogens is 1. The Morgan fingerprint density at radius 1 is 1.05 bits per heavy atom. The van der Waals surface area contributed by atoms with Crippen LogP contribution in [0.5, 0.6) is 5.75 Å². The molecule has 3 rings (SSSR count). The number of anilines is 1. The number of nitrogens with one attached hydrogen (secondary N) is 1. The maximum Gasteiger partial charge on any atom is 0.259 e. The van der Waals surface area contributed by atoms with E-state index in [0.717, 1.165) is 10.9 Å². The summed E-state index contributed by atoms with van der Waals surface area (Å²) in [5.41, 5.74) is 1.67. The second-order valence-corrected chi connectivity index (χ2v) is 5.48. The minimum Gasteiger partial charge on any atom is -0.506 e. The number of hydrogen-bond donors (Lipinski definition) is 2. The average molecular weight is 312 g/mol. The first-order chi connectivity index (χ1) is 10.6. The van der Waals surface area contributed by atoms with Crippen molar-refractivity contribution in [3.63, 3.8) is 0 Å². The van der Waals surface area contributed by atoms with Crippen molar-refractivity contribution in [1.29, 1.82) is 0 Å². The highest BCUT2D eigenvalue weighted by atomic mass is 35.5. The minimum atomic E-state index is -0.389. The number of carbonyl (C=O) groups is 1. The zero-order chi connectivity index (χ0) is 15.7. The molecule has 0 unspecified atom stereocenters. The van der Waals surface area contributed by atoms with Crippen LogP contribution in [0.3, 0.4) is 0 Å². The zero-order valence-electron chi connectivity index (χ0n) is 11.9. The van der Waals surface area contributed by atoms with Crippen molar-refractivity contribution < 1.29 is 9.90 Å². The summed E-state index contributed by atoms with van der Waals surface area (Å²) < 4.78 is 0. The number of aromatic hydroxyl groups is 1. The molecule has 110 valence electrons. The molecule has 3 nitrogen and oxygen atoms in total. The Labute approximate surface area is 133 Å². The van der Waals surface area contributed by atoms with Gasteiger partial charge in [-0.2, -0.15) is 0 Å². The summed E-state index contributed by atoms with van der Waals surface area (Å²) in [7, 11) is 0. The molecule has 0 radical (unpaired) electrons. The Bertz CT molecular complexity index is 874. The Kier molecular flexibility index (Phi) is 3.73. The predicted molar refractivity (Wildman–Crippen MR) is 89.8 cm³/mol. The highest BCUT2D eigenvalue weighted by Gasteiger charge is 2.16. The molecule has 0 aromatic heterocycles. The van der Waals surface area contributed by atoms with Crippen LogP contribution in [0.15, 0.2) is 54.6 Å². The lowest BCUT2D eigenvalue weighted by Crippen LogP contribution is -2.12. The number of rotatable bonds is 2. The van der Waals surface area contributed by atoms with E-state index in [1.165, 1.54) is 0 Å². The van der Waals surface area contributed by atoms with Crippen LogP contribution < -0.4 is 5.32 Å². The Hall–Kier alpha value is -2.52. The number of para-hydroxylation sites is 1. The van der Waals surface area contributed by atoms with Gasteiger partial charge in [0.1, 0.15) is 5.75 Å². The number of fused-ring (bicyclic) bond motifs is 1. The van der Waals surface area contributed by atoms with Crippen molar-refractivity contribution in [3.05, 3.63) is 70.7 Å². The normalized spacial score (nSPS) is 10.6. The van der Waals surface area contributed by atoms with Gasteiger partial charge in [-0.25, -0.2) is 0 Å². The molecule has 0 spiro atoms. The van der Waals surface area contributed by atoms with Crippen LogP contribution in [0.1, 0.15) is 15.9 Å². The summed E-state index contributed by atoms with van der Waals surface area (Å²) in [6, 6.07) is 16.1. The zero-order valence-corrected chi connectivity index (χ0v) is 12.7. The number of benzene rings is 3. The third kappa shape index (κ3) is 2.51. The van der Waals surface area contributed by atoms with E-state index in [1.807, 2.05) is 25.1 Å². The molecule has 1 amide bonds. The Morgan fingerprint density at radius 3 is 2.41 bits per heavy atom. The second-order valence-electron chi connectivity index (χ2n) is 5.07. The fourth-order valence-electron chi connectivity index (χ4n) is 2.47. The molecule has 0 saturated carbocycles. The third-order valence-corrected chi connectivity index (χ3v) is 3.92. The maximum absolute atomic E-state index is 12.5. The lowest BCUT2D eigenvalue weighted by Gasteiger charge is -2.12. The molecule has 0 aliphatic rings. The number of amides is 1. The Morgan fingerprint density at radius 2 is 1.68 bits per heavy atom. The molecule has 0 aliphatic heterocycles. The van der Waals surface area contributed by atoms with Gasteiger partial charge in [-0.1, -0.05) is 48.0 Å². The van der Waals surface area contributed by atoms with E-state index in [0.29, 0.717) is 16.1 Å². The van der Waals surface area contributed by atoms with E-state index in [4.69, 9.17) is 11.6 Å². The highest BCUT2D eigenvalue weighted by Crippen LogP contribution is 2.32. The van der Waals surface area contributed by atoms with E-state index in [1.54, 1.807) is 36.4 Å². The van der Waals surface area contributed by atoms with Crippen LogP contribution in [-0.4, -0.2) is 11.0 Å². The van der Waals surface area contributed by atoms with Crippen molar-refractivity contribution >= 4 is 34.0 Å². The van der Waals surface area contributed by atoms with Crippen LogP contribution in [0.25, 0.3) is 10.8 Å². The molecular formula is C18H14ClNO2. The molecule has 2 N–H and O–H groups in total. The first kappa shape index (κ1) is 14.4. The summed E-state index contributed by atoms with van der Waals surface area (Å²) in [6.07, 6.45) is 0. The van der Waals surface area contributed by atoms with Crippen molar-refractivity contribution in [2.45, 2.75) is 6.92 Å². The van der Waals surface area contributed by atoms with Gasteiger partial charge in [-0.15, -0.1) is 0 Å². The van der Waals surface area contributed by atoms with Gasteiger partial charge in [-0.05, 0) is 36.1 Å². The monoisotopic (exact) mass is 311 g/mol. The third-order valence-electron chi connectivity index (χ3n) is 3.59. The summed E-state index contributed by atoms with van der Waals surface area (Å²) >= 11 is 6.04. The van der Waals surface area contributed by atoms with Gasteiger partial charge in [0.05, 0.1) is 16.3 Å². The number of hydrogen-bond acceptors (Lipinski definition) is 2. The van der Waals surface area contributed by atoms with Gasteiger partial charge in [0.25, 0.3) is 5.91 Å². The molecule has 3 aromatic rings. The molecule has 0 heterocycles. The molecule has 0 fully saturated rings. The van der Waals surface area contributed by atoms with Gasteiger partial charge in [0.15, 0.2) is 0 Å². The Balaban J connectivity index is 2.05. The number of phenols is 1. The molecule has 3 aromatic carbocycles. The fourth-order valence-corrected chi connectivity index (χ4v) is 2.65. The number of carbonyl (C=O) groups excluding carboxylic acids is 1. The average Bonchev–Trinajstić information content (AvgIpc) is 2.53. The highest BCUT2D eigenvalue weighted by molar-refractivity contribution is 6.34. The molecule has 0 bridgehead atoms. The SMILES string of the molecule is Cc1cc(C(=O)Nc2ccccc2Cl)c(O)c2ccccc12. The van der Waals surface area contributed by atoms with Crippen LogP contribution in [0.2, 0.25) is 5.02 Å². The molecule has 0 saturated heterocycles. The largest absolute Gasteiger partial charge is 0.506 e. The van der Waals surface area contributed by atoms with Crippen molar-refractivity contribution in [1.82, 2.24) is 0 Å². The predicted octanol–water partition coefficient (Wildman–Crippen LogP) is 4.76.